The Bertz CT molecular complexity index is 901. The minimum atomic E-state index is 0.0222. The maximum absolute atomic E-state index is 12.4. The van der Waals surface area contributed by atoms with Gasteiger partial charge in [0, 0.05) is 17.3 Å². The molecule has 1 N–H and O–H groups in total. The van der Waals surface area contributed by atoms with Crippen LogP contribution in [0.25, 0.3) is 10.9 Å². The molecule has 1 aliphatic rings. The molecular formula is C21H20N2O. The molecule has 0 radical (unpaired) electrons. The Kier molecular flexibility index (Phi) is 3.99. The fourth-order valence-corrected chi connectivity index (χ4v) is 3.44. The lowest BCUT2D eigenvalue weighted by Gasteiger charge is -2.16. The molecule has 1 amide bonds. The Labute approximate surface area is 141 Å². The highest BCUT2D eigenvalue weighted by Gasteiger charge is 2.11. The largest absolute Gasteiger partial charge is 0.326 e. The van der Waals surface area contributed by atoms with Crippen molar-refractivity contribution in [1.29, 1.82) is 0 Å². The lowest BCUT2D eigenvalue weighted by atomic mass is 9.90. The molecule has 0 fully saturated rings. The van der Waals surface area contributed by atoms with Gasteiger partial charge < -0.3 is 5.32 Å². The van der Waals surface area contributed by atoms with E-state index in [2.05, 4.69) is 28.5 Å². The van der Waals surface area contributed by atoms with Gasteiger partial charge in [0.05, 0.1) is 11.9 Å². The first-order chi connectivity index (χ1) is 11.8. The zero-order valence-electron chi connectivity index (χ0n) is 13.6. The van der Waals surface area contributed by atoms with Crippen molar-refractivity contribution in [1.82, 2.24) is 4.98 Å². The Morgan fingerprint density at radius 3 is 2.79 bits per heavy atom. The first-order valence-electron chi connectivity index (χ1n) is 8.53. The molecule has 1 heterocycles. The first-order valence-corrected chi connectivity index (χ1v) is 8.53. The van der Waals surface area contributed by atoms with E-state index in [0.717, 1.165) is 28.6 Å². The summed E-state index contributed by atoms with van der Waals surface area (Å²) >= 11 is 0. The van der Waals surface area contributed by atoms with Crippen LogP contribution in [0.2, 0.25) is 0 Å². The summed E-state index contributed by atoms with van der Waals surface area (Å²) < 4.78 is 0. The zero-order chi connectivity index (χ0) is 16.4. The lowest BCUT2D eigenvalue weighted by Crippen LogP contribution is -2.15. The monoisotopic (exact) mass is 316 g/mol. The number of amides is 1. The van der Waals surface area contributed by atoms with Gasteiger partial charge in [-0.1, -0.05) is 24.3 Å². The van der Waals surface area contributed by atoms with Crippen LogP contribution in [0, 0.1) is 0 Å². The van der Waals surface area contributed by atoms with Crippen molar-refractivity contribution < 1.29 is 4.79 Å². The highest BCUT2D eigenvalue weighted by molar-refractivity contribution is 5.94. The molecule has 0 spiro atoms. The minimum absolute atomic E-state index is 0.0222. The second-order valence-corrected chi connectivity index (χ2v) is 6.45. The molecule has 120 valence electrons. The van der Waals surface area contributed by atoms with Gasteiger partial charge in [0.2, 0.25) is 5.91 Å². The van der Waals surface area contributed by atoms with E-state index in [1.165, 1.54) is 30.4 Å². The molecule has 3 aromatic rings. The maximum Gasteiger partial charge on any atom is 0.228 e. The molecule has 1 aliphatic carbocycles. The predicted molar refractivity (Wildman–Crippen MR) is 97.2 cm³/mol. The van der Waals surface area contributed by atoms with Crippen LogP contribution in [-0.2, 0) is 24.1 Å². The third-order valence-corrected chi connectivity index (χ3v) is 4.66. The van der Waals surface area contributed by atoms with Crippen molar-refractivity contribution in [2.75, 3.05) is 5.32 Å². The number of fused-ring (bicyclic) bond motifs is 2. The Hall–Kier alpha value is -2.68. The van der Waals surface area contributed by atoms with Gasteiger partial charge in [-0.15, -0.1) is 0 Å². The van der Waals surface area contributed by atoms with Crippen LogP contribution >= 0.6 is 0 Å². The number of pyridine rings is 1. The van der Waals surface area contributed by atoms with E-state index in [4.69, 9.17) is 0 Å². The number of nitrogens with zero attached hydrogens (tertiary/aromatic N) is 1. The molecule has 1 aromatic heterocycles. The Morgan fingerprint density at radius 1 is 1.00 bits per heavy atom. The topological polar surface area (TPSA) is 42.0 Å². The van der Waals surface area contributed by atoms with E-state index in [1.807, 2.05) is 30.3 Å². The lowest BCUT2D eigenvalue weighted by molar-refractivity contribution is -0.115. The SMILES string of the molecule is O=C(Cc1ccc2c(c1)CCCC2)Nc1ccc2ncccc2c1. The third-order valence-electron chi connectivity index (χ3n) is 4.66. The van der Waals surface area contributed by atoms with Crippen LogP contribution in [0.15, 0.2) is 54.7 Å². The van der Waals surface area contributed by atoms with E-state index in [0.29, 0.717) is 6.42 Å². The number of anilines is 1. The quantitative estimate of drug-likeness (QED) is 0.783. The van der Waals surface area contributed by atoms with E-state index in [9.17, 15) is 4.79 Å². The van der Waals surface area contributed by atoms with Crippen LogP contribution in [0.3, 0.4) is 0 Å². The van der Waals surface area contributed by atoms with Crippen molar-refractivity contribution in [3.63, 3.8) is 0 Å². The van der Waals surface area contributed by atoms with Gasteiger partial charge in [0.1, 0.15) is 0 Å². The van der Waals surface area contributed by atoms with Gasteiger partial charge in [-0.3, -0.25) is 9.78 Å². The average molecular weight is 316 g/mol. The molecule has 0 bridgehead atoms. The number of carbonyl (C=O) groups excluding carboxylic acids is 1. The highest BCUT2D eigenvalue weighted by Crippen LogP contribution is 2.23. The van der Waals surface area contributed by atoms with Crippen molar-refractivity contribution in [3.05, 3.63) is 71.4 Å². The van der Waals surface area contributed by atoms with E-state index >= 15 is 0 Å². The molecule has 4 rings (SSSR count). The van der Waals surface area contributed by atoms with E-state index in [-0.39, 0.29) is 5.91 Å². The fraction of sp³-hybridized carbons (Fsp3) is 0.238. The van der Waals surface area contributed by atoms with Gasteiger partial charge in [-0.05, 0) is 66.6 Å². The number of aromatic nitrogens is 1. The van der Waals surface area contributed by atoms with Crippen LogP contribution in [0.1, 0.15) is 29.5 Å². The van der Waals surface area contributed by atoms with Gasteiger partial charge in [0.25, 0.3) is 0 Å². The summed E-state index contributed by atoms with van der Waals surface area (Å²) in [7, 11) is 0. The summed E-state index contributed by atoms with van der Waals surface area (Å²) in [5.41, 5.74) is 5.72. The molecule has 2 aromatic carbocycles. The van der Waals surface area contributed by atoms with E-state index < -0.39 is 0 Å². The van der Waals surface area contributed by atoms with Gasteiger partial charge in [-0.2, -0.15) is 0 Å². The molecule has 3 nitrogen and oxygen atoms in total. The predicted octanol–water partition coefficient (Wildman–Crippen LogP) is 4.29. The smallest absolute Gasteiger partial charge is 0.228 e. The summed E-state index contributed by atoms with van der Waals surface area (Å²) in [6.07, 6.45) is 7.04. The Morgan fingerprint density at radius 2 is 1.88 bits per heavy atom. The molecular weight excluding hydrogens is 296 g/mol. The maximum atomic E-state index is 12.4. The second kappa shape index (κ2) is 6.44. The Balaban J connectivity index is 1.47. The molecule has 0 aliphatic heterocycles. The normalized spacial score (nSPS) is 13.5. The molecule has 0 atom stereocenters. The van der Waals surface area contributed by atoms with Crippen molar-refractivity contribution >= 4 is 22.5 Å². The highest BCUT2D eigenvalue weighted by atomic mass is 16.1. The number of rotatable bonds is 3. The number of hydrogen-bond donors (Lipinski definition) is 1. The number of hydrogen-bond acceptors (Lipinski definition) is 2. The second-order valence-electron chi connectivity index (χ2n) is 6.45. The van der Waals surface area contributed by atoms with Crippen LogP contribution in [0.5, 0.6) is 0 Å². The zero-order valence-corrected chi connectivity index (χ0v) is 13.6. The van der Waals surface area contributed by atoms with Crippen LogP contribution < -0.4 is 5.32 Å². The number of benzene rings is 2. The molecule has 3 heteroatoms. The summed E-state index contributed by atoms with van der Waals surface area (Å²) in [4.78, 5) is 16.7. The van der Waals surface area contributed by atoms with Gasteiger partial charge in [0.15, 0.2) is 0 Å². The summed E-state index contributed by atoms with van der Waals surface area (Å²) in [5.74, 6) is 0.0222. The molecule has 0 unspecified atom stereocenters. The number of carbonyl (C=O) groups is 1. The van der Waals surface area contributed by atoms with Gasteiger partial charge in [-0.25, -0.2) is 0 Å². The molecule has 24 heavy (non-hydrogen) atoms. The minimum Gasteiger partial charge on any atom is -0.326 e. The van der Waals surface area contributed by atoms with Gasteiger partial charge >= 0.3 is 0 Å². The molecule has 0 saturated heterocycles. The summed E-state index contributed by atoms with van der Waals surface area (Å²) in [6.45, 7) is 0. The van der Waals surface area contributed by atoms with Crippen LogP contribution in [0.4, 0.5) is 5.69 Å². The first kappa shape index (κ1) is 14.9. The number of aryl methyl sites for hydroxylation is 2. The standard InChI is InChI=1S/C21H20N2O/c24-21(13-15-7-8-16-4-1-2-5-17(16)12-15)23-19-9-10-20-18(14-19)6-3-11-22-20/h3,6-12,14H,1-2,4-5,13H2,(H,23,24). The van der Waals surface area contributed by atoms with Crippen LogP contribution in [-0.4, -0.2) is 10.9 Å². The third kappa shape index (κ3) is 3.16. The summed E-state index contributed by atoms with van der Waals surface area (Å²) in [5, 5.41) is 4.03. The van der Waals surface area contributed by atoms with Crippen molar-refractivity contribution in [2.45, 2.75) is 32.1 Å². The van der Waals surface area contributed by atoms with Crippen molar-refractivity contribution in [3.8, 4) is 0 Å². The number of nitrogens with one attached hydrogen (secondary N) is 1. The fourth-order valence-electron chi connectivity index (χ4n) is 3.44. The summed E-state index contributed by atoms with van der Waals surface area (Å²) in [6, 6.07) is 16.2. The van der Waals surface area contributed by atoms with E-state index in [1.54, 1.807) is 6.20 Å². The molecule has 0 saturated carbocycles. The van der Waals surface area contributed by atoms with Crippen molar-refractivity contribution in [2.24, 2.45) is 0 Å². The average Bonchev–Trinajstić information content (AvgIpc) is 2.61.